The van der Waals surface area contributed by atoms with Crippen molar-refractivity contribution in [2.45, 2.75) is 167 Å². The molecule has 0 unspecified atom stereocenters. The van der Waals surface area contributed by atoms with Crippen LogP contribution in [0.1, 0.15) is 107 Å². The van der Waals surface area contributed by atoms with Gasteiger partial charge in [-0.1, -0.05) is 34.6 Å². The molecular weight excluding hydrogens is 604 g/mol. The fourth-order valence-corrected chi connectivity index (χ4v) is 14.4. The number of carbonyl (C=O) groups is 1. The van der Waals surface area contributed by atoms with Gasteiger partial charge in [0.2, 0.25) is 0 Å². The van der Waals surface area contributed by atoms with Crippen LogP contribution in [0.3, 0.4) is 0 Å². The molecule has 3 saturated heterocycles. The van der Waals surface area contributed by atoms with Crippen molar-refractivity contribution < 1.29 is 48.9 Å². The molecule has 17 atom stereocenters. The number of fused-ring (bicyclic) bond motifs is 4. The molecule has 266 valence electrons. The maximum atomic E-state index is 12.8. The second-order valence-electron chi connectivity index (χ2n) is 18.8. The largest absolute Gasteiger partial charge is 0.457 e. The van der Waals surface area contributed by atoms with Crippen LogP contribution in [0.25, 0.3) is 0 Å². The molecule has 5 aliphatic carbocycles. The van der Waals surface area contributed by atoms with Gasteiger partial charge >= 0.3 is 5.97 Å². The predicted octanol–water partition coefficient (Wildman–Crippen LogP) is 3.69. The van der Waals surface area contributed by atoms with Crippen LogP contribution in [0.15, 0.2) is 0 Å². The van der Waals surface area contributed by atoms with Gasteiger partial charge in [0.15, 0.2) is 12.1 Å². The summed E-state index contributed by atoms with van der Waals surface area (Å²) in [5, 5.41) is 43.7. The Labute approximate surface area is 279 Å². The molecule has 0 aromatic carbocycles. The Bertz CT molecular complexity index is 1320. The second kappa shape index (κ2) is 9.93. The minimum Gasteiger partial charge on any atom is -0.457 e. The van der Waals surface area contributed by atoms with Crippen LogP contribution in [0, 0.1) is 50.7 Å². The SMILES string of the molecule is CC(=O)OC(C)(C)[C@H]1O[C@@]23O[C@@H]1C[C@@H](C)[C@H]2[C@@]1(C)CC[C@]24C[C@]25CC[C@@H](O[C@@H]2OC[C@H](O)[C@H](O)[C@H]2O)C(C)(C)[C@H]5CC[C@@H]4[C@@]1(C)[C@@H]3O. The zero-order chi connectivity index (χ0) is 33.9. The Morgan fingerprint density at radius 3 is 2.28 bits per heavy atom. The fourth-order valence-electron chi connectivity index (χ4n) is 14.4. The zero-order valence-corrected chi connectivity index (χ0v) is 29.5. The summed E-state index contributed by atoms with van der Waals surface area (Å²) >= 11 is 0. The zero-order valence-electron chi connectivity index (χ0n) is 29.5. The Morgan fingerprint density at radius 2 is 1.57 bits per heavy atom. The van der Waals surface area contributed by atoms with Gasteiger partial charge < -0.3 is 44.1 Å². The molecule has 3 spiro atoms. The van der Waals surface area contributed by atoms with Gasteiger partial charge in [-0.15, -0.1) is 0 Å². The van der Waals surface area contributed by atoms with Crippen molar-refractivity contribution in [1.82, 2.24) is 0 Å². The normalized spacial score (nSPS) is 58.8. The lowest BCUT2D eigenvalue weighted by Gasteiger charge is -2.63. The first kappa shape index (κ1) is 33.3. The summed E-state index contributed by atoms with van der Waals surface area (Å²) in [6, 6.07) is 0. The van der Waals surface area contributed by atoms with E-state index in [1.165, 1.54) is 6.92 Å². The van der Waals surface area contributed by atoms with Gasteiger partial charge in [0.25, 0.3) is 0 Å². The molecule has 5 saturated carbocycles. The number of hydrogen-bond donors (Lipinski definition) is 4. The van der Waals surface area contributed by atoms with E-state index < -0.39 is 53.6 Å². The van der Waals surface area contributed by atoms with Gasteiger partial charge in [-0.25, -0.2) is 0 Å². The van der Waals surface area contributed by atoms with Crippen molar-refractivity contribution in [2.24, 2.45) is 50.7 Å². The molecule has 8 rings (SSSR count). The Balaban J connectivity index is 1.09. The Kier molecular flexibility index (Phi) is 7.03. The molecular formula is C37H58O10. The molecule has 10 heteroatoms. The van der Waals surface area contributed by atoms with Gasteiger partial charge in [0.1, 0.15) is 36.1 Å². The summed E-state index contributed by atoms with van der Waals surface area (Å²) in [5.74, 6) is -0.402. The standard InChI is InChI=1S/C37H58O10/c1-18-15-21-28(32(5,6)45-19(2)38)47-37(46-21)27(18)33(7)13-14-36-17-35(36)12-11-24(44-29-26(41)25(40)20(39)16-43-29)31(3,4)22(35)9-10-23(36)34(33,8)30(37)42/h18,20-30,39-42H,9-17H2,1-8H3/t18-,20+,21-,22-,23-,24-,25+,26-,27+,28+,29+,30+,33-,34+,35+,36-,37+/m1/s1. The lowest BCUT2D eigenvalue weighted by molar-refractivity contribution is -0.303. The van der Waals surface area contributed by atoms with E-state index in [1.54, 1.807) is 0 Å². The van der Waals surface area contributed by atoms with Crippen LogP contribution in [0.5, 0.6) is 0 Å². The predicted molar refractivity (Wildman–Crippen MR) is 168 cm³/mol. The van der Waals surface area contributed by atoms with E-state index >= 15 is 0 Å². The topological polar surface area (TPSA) is 144 Å². The molecule has 47 heavy (non-hydrogen) atoms. The number of rotatable bonds is 4. The van der Waals surface area contributed by atoms with Gasteiger partial charge in [-0.3, -0.25) is 4.79 Å². The number of carbonyl (C=O) groups excluding carboxylic acids is 1. The maximum Gasteiger partial charge on any atom is 0.303 e. The van der Waals surface area contributed by atoms with Gasteiger partial charge in [0, 0.05) is 18.3 Å². The van der Waals surface area contributed by atoms with E-state index in [2.05, 4.69) is 34.6 Å². The summed E-state index contributed by atoms with van der Waals surface area (Å²) in [6.45, 7) is 16.8. The highest BCUT2D eigenvalue weighted by atomic mass is 16.8. The van der Waals surface area contributed by atoms with Gasteiger partial charge in [-0.2, -0.15) is 0 Å². The lowest BCUT2D eigenvalue weighted by Crippen LogP contribution is -2.61. The van der Waals surface area contributed by atoms with E-state index in [0.29, 0.717) is 11.8 Å². The van der Waals surface area contributed by atoms with Crippen molar-refractivity contribution in [1.29, 1.82) is 0 Å². The molecule has 10 nitrogen and oxygen atoms in total. The van der Waals surface area contributed by atoms with E-state index in [9.17, 15) is 25.2 Å². The van der Waals surface area contributed by atoms with Crippen LogP contribution in [0.4, 0.5) is 0 Å². The van der Waals surface area contributed by atoms with Crippen LogP contribution in [0.2, 0.25) is 0 Å². The third kappa shape index (κ3) is 3.88. The van der Waals surface area contributed by atoms with Gasteiger partial charge in [-0.05, 0) is 105 Å². The first-order valence-corrected chi connectivity index (χ1v) is 18.4. The molecule has 8 fully saturated rings. The summed E-state index contributed by atoms with van der Waals surface area (Å²) in [4.78, 5) is 12.1. The minimum absolute atomic E-state index is 0.0329. The molecule has 3 aliphatic heterocycles. The van der Waals surface area contributed by atoms with E-state index in [-0.39, 0.29) is 58.3 Å². The number of ether oxygens (including phenoxy) is 5. The van der Waals surface area contributed by atoms with Crippen LogP contribution >= 0.6 is 0 Å². The number of hydrogen-bond acceptors (Lipinski definition) is 10. The van der Waals surface area contributed by atoms with E-state index in [1.807, 2.05) is 13.8 Å². The average Bonchev–Trinajstić information content (AvgIpc) is 3.49. The highest BCUT2D eigenvalue weighted by Crippen LogP contribution is 2.90. The van der Waals surface area contributed by atoms with Crippen LogP contribution < -0.4 is 0 Å². The molecule has 0 aromatic rings. The monoisotopic (exact) mass is 662 g/mol. The van der Waals surface area contributed by atoms with Crippen molar-refractivity contribution in [2.75, 3.05) is 6.61 Å². The summed E-state index contributed by atoms with van der Waals surface area (Å²) < 4.78 is 31.9. The fraction of sp³-hybridized carbons (Fsp3) is 0.973. The van der Waals surface area contributed by atoms with Crippen molar-refractivity contribution in [3.63, 3.8) is 0 Å². The third-order valence-corrected chi connectivity index (χ3v) is 16.3. The van der Waals surface area contributed by atoms with E-state index in [4.69, 9.17) is 23.7 Å². The van der Waals surface area contributed by atoms with Crippen molar-refractivity contribution >= 4 is 5.97 Å². The quantitative estimate of drug-likeness (QED) is 0.260. The van der Waals surface area contributed by atoms with E-state index in [0.717, 1.165) is 51.4 Å². The molecule has 0 amide bonds. The first-order valence-electron chi connectivity index (χ1n) is 18.4. The molecule has 2 bridgehead atoms. The highest BCUT2D eigenvalue weighted by molar-refractivity contribution is 5.66. The van der Waals surface area contributed by atoms with Crippen LogP contribution in [-0.2, 0) is 28.5 Å². The highest BCUT2D eigenvalue weighted by Gasteiger charge is 2.88. The van der Waals surface area contributed by atoms with Crippen LogP contribution in [-0.4, -0.2) is 93.4 Å². The number of aliphatic hydroxyl groups is 4. The Hall–Kier alpha value is -0.850. The number of esters is 1. The smallest absolute Gasteiger partial charge is 0.303 e. The van der Waals surface area contributed by atoms with Gasteiger partial charge in [0.05, 0.1) is 18.8 Å². The molecule has 8 aliphatic rings. The van der Waals surface area contributed by atoms with Crippen molar-refractivity contribution in [3.8, 4) is 0 Å². The minimum atomic E-state index is -1.29. The molecule has 0 radical (unpaired) electrons. The lowest BCUT2D eigenvalue weighted by atomic mass is 9.41. The number of aliphatic hydroxyl groups excluding tert-OH is 4. The Morgan fingerprint density at radius 1 is 0.894 bits per heavy atom. The third-order valence-electron chi connectivity index (χ3n) is 16.3. The summed E-state index contributed by atoms with van der Waals surface area (Å²) in [5.41, 5.74) is -1.36. The van der Waals surface area contributed by atoms with Crippen molar-refractivity contribution in [3.05, 3.63) is 0 Å². The average molecular weight is 663 g/mol. The molecule has 0 aromatic heterocycles. The maximum absolute atomic E-state index is 12.8. The summed E-state index contributed by atoms with van der Waals surface area (Å²) in [7, 11) is 0. The molecule has 3 heterocycles. The summed E-state index contributed by atoms with van der Waals surface area (Å²) in [6.07, 6.45) is 1.72. The molecule has 4 N–H and O–H groups in total. The first-order chi connectivity index (χ1) is 21.8. The second-order valence-corrected chi connectivity index (χ2v) is 18.8.